The molecule has 0 aromatic carbocycles. The van der Waals surface area contributed by atoms with Crippen LogP contribution in [0.5, 0.6) is 0 Å². The summed E-state index contributed by atoms with van der Waals surface area (Å²) < 4.78 is 4.97. The van der Waals surface area contributed by atoms with Crippen LogP contribution in [0, 0.1) is 0 Å². The van der Waals surface area contributed by atoms with Crippen LogP contribution < -0.4 is 0 Å². The molecule has 11 heavy (non-hydrogen) atoms. The molecule has 0 spiro atoms. The van der Waals surface area contributed by atoms with Gasteiger partial charge in [0.05, 0.1) is 6.61 Å². The van der Waals surface area contributed by atoms with Crippen LogP contribution in [0.3, 0.4) is 0 Å². The molecule has 62 valence electrons. The first-order valence-electron chi connectivity index (χ1n) is 3.53. The molecule has 0 bridgehead atoms. The molecule has 0 fully saturated rings. The van der Waals surface area contributed by atoms with Gasteiger partial charge in [-0.15, -0.1) is 11.3 Å². The third kappa shape index (κ3) is 2.61. The highest BCUT2D eigenvalue weighted by atomic mass is 32.1. The lowest BCUT2D eigenvalue weighted by atomic mass is 10.2. The summed E-state index contributed by atoms with van der Waals surface area (Å²) in [6.07, 6.45) is 0.750. The normalized spacial score (nSPS) is 10.4. The second-order valence-corrected chi connectivity index (χ2v) is 3.32. The van der Waals surface area contributed by atoms with E-state index < -0.39 is 0 Å². The predicted octanol–water partition coefficient (Wildman–Crippen LogP) is 1.43. The van der Waals surface area contributed by atoms with E-state index in [0.29, 0.717) is 6.61 Å². The van der Waals surface area contributed by atoms with Gasteiger partial charge in [-0.3, -0.25) is 0 Å². The molecule has 0 aliphatic rings. The lowest BCUT2D eigenvalue weighted by Gasteiger charge is -1.91. The summed E-state index contributed by atoms with van der Waals surface area (Å²) in [5.41, 5.74) is 1.20. The second-order valence-electron chi connectivity index (χ2n) is 2.33. The minimum absolute atomic E-state index is 0.225. The van der Waals surface area contributed by atoms with E-state index >= 15 is 0 Å². The van der Waals surface area contributed by atoms with Gasteiger partial charge in [0.2, 0.25) is 0 Å². The lowest BCUT2D eigenvalue weighted by Crippen LogP contribution is -1.87. The molecule has 0 atom stereocenters. The second kappa shape index (κ2) is 4.49. The molecular formula is C8H12O2S. The average Bonchev–Trinajstić information content (AvgIpc) is 2.38. The van der Waals surface area contributed by atoms with E-state index in [0.717, 1.165) is 6.42 Å². The number of hydrogen-bond acceptors (Lipinski definition) is 3. The van der Waals surface area contributed by atoms with Gasteiger partial charge in [-0.25, -0.2) is 0 Å². The van der Waals surface area contributed by atoms with Crippen molar-refractivity contribution < 1.29 is 9.84 Å². The van der Waals surface area contributed by atoms with Gasteiger partial charge in [-0.05, 0) is 23.4 Å². The number of aliphatic hydroxyl groups excluding tert-OH is 1. The summed E-state index contributed by atoms with van der Waals surface area (Å²) in [4.78, 5) is 1.22. The smallest absolute Gasteiger partial charge is 0.0805 e. The van der Waals surface area contributed by atoms with Gasteiger partial charge in [-0.2, -0.15) is 0 Å². The largest absolute Gasteiger partial charge is 0.396 e. The summed E-state index contributed by atoms with van der Waals surface area (Å²) >= 11 is 1.68. The zero-order valence-corrected chi connectivity index (χ0v) is 7.36. The van der Waals surface area contributed by atoms with Crippen LogP contribution in [0.4, 0.5) is 0 Å². The maximum absolute atomic E-state index is 8.63. The average molecular weight is 172 g/mol. The molecule has 1 aromatic heterocycles. The van der Waals surface area contributed by atoms with Crippen LogP contribution in [0.2, 0.25) is 0 Å². The minimum atomic E-state index is 0.225. The molecule has 1 aromatic rings. The topological polar surface area (TPSA) is 29.5 Å². The van der Waals surface area contributed by atoms with E-state index in [9.17, 15) is 0 Å². The summed E-state index contributed by atoms with van der Waals surface area (Å²) in [5, 5.41) is 10.7. The Kier molecular flexibility index (Phi) is 3.56. The lowest BCUT2D eigenvalue weighted by molar-refractivity contribution is 0.187. The molecule has 1 heterocycles. The molecule has 3 heteroatoms. The van der Waals surface area contributed by atoms with E-state index in [1.54, 1.807) is 18.4 Å². The molecule has 0 saturated carbocycles. The maximum Gasteiger partial charge on any atom is 0.0805 e. The van der Waals surface area contributed by atoms with E-state index in [-0.39, 0.29) is 6.61 Å². The number of ether oxygens (including phenoxy) is 1. The minimum Gasteiger partial charge on any atom is -0.396 e. The van der Waals surface area contributed by atoms with Crippen LogP contribution in [0.25, 0.3) is 0 Å². The number of rotatable bonds is 4. The first-order chi connectivity index (χ1) is 5.36. The van der Waals surface area contributed by atoms with Gasteiger partial charge in [-0.1, -0.05) is 0 Å². The summed E-state index contributed by atoms with van der Waals surface area (Å²) in [6.45, 7) is 0.902. The summed E-state index contributed by atoms with van der Waals surface area (Å²) in [5.74, 6) is 0. The van der Waals surface area contributed by atoms with Gasteiger partial charge in [0.15, 0.2) is 0 Å². The highest BCUT2D eigenvalue weighted by Crippen LogP contribution is 2.15. The van der Waals surface area contributed by atoms with Crippen LogP contribution in [0.1, 0.15) is 10.4 Å². The zero-order chi connectivity index (χ0) is 8.10. The molecule has 1 rings (SSSR count). The van der Waals surface area contributed by atoms with Crippen molar-refractivity contribution >= 4 is 11.3 Å². The summed E-state index contributed by atoms with van der Waals surface area (Å²) in [6, 6.07) is 2.07. The fraction of sp³-hybridized carbons (Fsp3) is 0.500. The number of hydrogen-bond donors (Lipinski definition) is 1. The monoisotopic (exact) mass is 172 g/mol. The maximum atomic E-state index is 8.63. The van der Waals surface area contributed by atoms with Crippen molar-refractivity contribution in [1.82, 2.24) is 0 Å². The molecule has 0 saturated heterocycles. The number of aliphatic hydroxyl groups is 1. The van der Waals surface area contributed by atoms with Gasteiger partial charge >= 0.3 is 0 Å². The standard InChI is InChI=1S/C8H12O2S/c1-10-5-8-4-7(2-3-9)6-11-8/h4,6,9H,2-3,5H2,1H3. The van der Waals surface area contributed by atoms with Gasteiger partial charge < -0.3 is 9.84 Å². The number of methoxy groups -OCH3 is 1. The Hall–Kier alpha value is -0.380. The zero-order valence-electron chi connectivity index (χ0n) is 6.54. The molecular weight excluding hydrogens is 160 g/mol. The molecule has 1 N–H and O–H groups in total. The fourth-order valence-electron chi connectivity index (χ4n) is 0.904. The van der Waals surface area contributed by atoms with Crippen molar-refractivity contribution in [3.63, 3.8) is 0 Å². The molecule has 0 aliphatic carbocycles. The van der Waals surface area contributed by atoms with Crippen molar-refractivity contribution in [2.24, 2.45) is 0 Å². The Morgan fingerprint density at radius 1 is 1.64 bits per heavy atom. The van der Waals surface area contributed by atoms with Crippen molar-refractivity contribution in [1.29, 1.82) is 0 Å². The third-order valence-electron chi connectivity index (χ3n) is 1.40. The SMILES string of the molecule is COCc1cc(CCO)cs1. The first-order valence-corrected chi connectivity index (χ1v) is 4.41. The highest BCUT2D eigenvalue weighted by Gasteiger charge is 1.97. The Balaban J connectivity index is 2.51. The van der Waals surface area contributed by atoms with Crippen LogP contribution in [0.15, 0.2) is 11.4 Å². The van der Waals surface area contributed by atoms with Crippen molar-refractivity contribution in [2.75, 3.05) is 13.7 Å². The van der Waals surface area contributed by atoms with Gasteiger partial charge in [0.1, 0.15) is 0 Å². The van der Waals surface area contributed by atoms with Crippen LogP contribution in [-0.2, 0) is 17.8 Å². The Morgan fingerprint density at radius 2 is 2.45 bits per heavy atom. The van der Waals surface area contributed by atoms with Gasteiger partial charge in [0.25, 0.3) is 0 Å². The highest BCUT2D eigenvalue weighted by molar-refractivity contribution is 7.10. The molecule has 0 unspecified atom stereocenters. The molecule has 0 radical (unpaired) electrons. The van der Waals surface area contributed by atoms with Crippen molar-refractivity contribution in [2.45, 2.75) is 13.0 Å². The molecule has 0 aliphatic heterocycles. The van der Waals surface area contributed by atoms with E-state index in [1.807, 2.05) is 0 Å². The van der Waals surface area contributed by atoms with Crippen LogP contribution >= 0.6 is 11.3 Å². The Labute approximate surface area is 70.4 Å². The van der Waals surface area contributed by atoms with Crippen LogP contribution in [-0.4, -0.2) is 18.8 Å². The predicted molar refractivity (Wildman–Crippen MR) is 45.8 cm³/mol. The molecule has 2 nitrogen and oxygen atoms in total. The Bertz CT molecular complexity index is 187. The van der Waals surface area contributed by atoms with Crippen molar-refractivity contribution in [3.05, 3.63) is 21.9 Å². The quantitative estimate of drug-likeness (QED) is 0.744. The fourth-order valence-corrected chi connectivity index (χ4v) is 1.80. The molecule has 0 amide bonds. The summed E-state index contributed by atoms with van der Waals surface area (Å²) in [7, 11) is 1.69. The van der Waals surface area contributed by atoms with Gasteiger partial charge in [0, 0.05) is 18.6 Å². The van der Waals surface area contributed by atoms with E-state index in [2.05, 4.69) is 11.4 Å². The third-order valence-corrected chi connectivity index (χ3v) is 2.35. The number of thiophene rings is 1. The van der Waals surface area contributed by atoms with E-state index in [4.69, 9.17) is 9.84 Å². The Morgan fingerprint density at radius 3 is 3.09 bits per heavy atom. The van der Waals surface area contributed by atoms with E-state index in [1.165, 1.54) is 10.4 Å². The van der Waals surface area contributed by atoms with Crippen molar-refractivity contribution in [3.8, 4) is 0 Å². The first kappa shape index (κ1) is 8.71.